The summed E-state index contributed by atoms with van der Waals surface area (Å²) in [6, 6.07) is 7.82. The fourth-order valence-corrected chi connectivity index (χ4v) is 3.35. The summed E-state index contributed by atoms with van der Waals surface area (Å²) in [6.07, 6.45) is 4.83. The molecule has 0 aliphatic carbocycles. The summed E-state index contributed by atoms with van der Waals surface area (Å²) in [4.78, 5) is 18.1. The van der Waals surface area contributed by atoms with Crippen molar-refractivity contribution < 1.29 is 4.79 Å². The van der Waals surface area contributed by atoms with Crippen LogP contribution in [0.1, 0.15) is 26.2 Å². The highest BCUT2D eigenvalue weighted by atomic mass is 32.2. The Morgan fingerprint density at radius 1 is 1.19 bits per heavy atom. The number of carbonyl (C=O) groups excluding carboxylic acids is 1. The van der Waals surface area contributed by atoms with Crippen LogP contribution in [-0.4, -0.2) is 49.4 Å². The molecule has 0 atom stereocenters. The van der Waals surface area contributed by atoms with Gasteiger partial charge in [-0.05, 0) is 18.6 Å². The van der Waals surface area contributed by atoms with Gasteiger partial charge in [-0.15, -0.1) is 10.2 Å². The van der Waals surface area contributed by atoms with Crippen LogP contribution in [0, 0.1) is 22.7 Å². The van der Waals surface area contributed by atoms with Gasteiger partial charge in [0.25, 0.3) is 0 Å². The summed E-state index contributed by atoms with van der Waals surface area (Å²) >= 11 is 1.32. The zero-order valence-corrected chi connectivity index (χ0v) is 16.0. The number of amides is 1. The number of pyridine rings is 1. The van der Waals surface area contributed by atoms with Crippen molar-refractivity contribution in [3.05, 3.63) is 24.5 Å². The van der Waals surface area contributed by atoms with Crippen LogP contribution in [0.3, 0.4) is 0 Å². The maximum absolute atomic E-state index is 12.5. The van der Waals surface area contributed by atoms with E-state index in [4.69, 9.17) is 10.5 Å². The lowest BCUT2D eigenvalue weighted by Gasteiger charge is -2.20. The molecule has 8 nitrogen and oxygen atoms in total. The first-order valence-corrected chi connectivity index (χ1v) is 9.67. The molecule has 2 heterocycles. The zero-order chi connectivity index (χ0) is 19.5. The van der Waals surface area contributed by atoms with E-state index in [0.717, 1.165) is 24.4 Å². The van der Waals surface area contributed by atoms with Crippen LogP contribution in [0.15, 0.2) is 29.7 Å². The number of nitrogens with zero attached hydrogens (tertiary/aromatic N) is 7. The van der Waals surface area contributed by atoms with Crippen LogP contribution < -0.4 is 0 Å². The van der Waals surface area contributed by atoms with E-state index < -0.39 is 0 Å². The highest BCUT2D eigenvalue weighted by molar-refractivity contribution is 7.99. The van der Waals surface area contributed by atoms with E-state index in [1.165, 1.54) is 11.8 Å². The van der Waals surface area contributed by atoms with Crippen LogP contribution in [0.5, 0.6) is 0 Å². The Hall–Kier alpha value is -2.91. The lowest BCUT2D eigenvalue weighted by Crippen LogP contribution is -2.34. The monoisotopic (exact) mass is 383 g/mol. The average molecular weight is 383 g/mol. The molecule has 0 bridgehead atoms. The fourth-order valence-electron chi connectivity index (χ4n) is 2.48. The minimum atomic E-state index is -0.109. The number of hydrogen-bond acceptors (Lipinski definition) is 7. The molecular formula is C18H21N7OS. The van der Waals surface area contributed by atoms with E-state index in [0.29, 0.717) is 18.2 Å². The Morgan fingerprint density at radius 2 is 1.85 bits per heavy atom. The van der Waals surface area contributed by atoms with Crippen LogP contribution in [0.4, 0.5) is 0 Å². The second kappa shape index (κ2) is 10.9. The largest absolute Gasteiger partial charge is 0.340 e. The van der Waals surface area contributed by atoms with Gasteiger partial charge in [0, 0.05) is 37.6 Å². The van der Waals surface area contributed by atoms with E-state index in [1.807, 2.05) is 28.8 Å². The summed E-state index contributed by atoms with van der Waals surface area (Å²) in [5.74, 6) is 0.830. The molecular weight excluding hydrogens is 362 g/mol. The molecule has 0 saturated carbocycles. The van der Waals surface area contributed by atoms with Crippen molar-refractivity contribution in [3.63, 3.8) is 0 Å². The Morgan fingerprint density at radius 3 is 2.44 bits per heavy atom. The van der Waals surface area contributed by atoms with E-state index in [1.54, 1.807) is 17.3 Å². The quantitative estimate of drug-likeness (QED) is 0.579. The highest BCUT2D eigenvalue weighted by Gasteiger charge is 2.18. The Balaban J connectivity index is 2.10. The molecule has 2 rings (SSSR count). The first-order chi connectivity index (χ1) is 13.2. The Labute approximate surface area is 162 Å². The summed E-state index contributed by atoms with van der Waals surface area (Å²) in [5, 5.41) is 26.7. The molecule has 0 aliphatic rings. The Kier molecular flexibility index (Phi) is 8.27. The normalized spacial score (nSPS) is 10.2. The lowest BCUT2D eigenvalue weighted by atomic mass is 10.2. The highest BCUT2D eigenvalue weighted by Crippen LogP contribution is 2.24. The van der Waals surface area contributed by atoms with Crippen molar-refractivity contribution in [3.8, 4) is 23.5 Å². The van der Waals surface area contributed by atoms with Gasteiger partial charge in [-0.1, -0.05) is 18.7 Å². The summed E-state index contributed by atoms with van der Waals surface area (Å²) in [5.41, 5.74) is 0.925. The summed E-state index contributed by atoms with van der Waals surface area (Å²) < 4.78 is 2.00. The second-order valence-electron chi connectivity index (χ2n) is 5.68. The van der Waals surface area contributed by atoms with E-state index in [-0.39, 0.29) is 24.5 Å². The SMILES string of the molecule is CCCn1c(SCC(=O)N(CCC#N)CCC#N)nnc1-c1ccncc1. The third-order valence-corrected chi connectivity index (χ3v) is 4.72. The number of aromatic nitrogens is 4. The van der Waals surface area contributed by atoms with E-state index >= 15 is 0 Å². The third kappa shape index (κ3) is 5.80. The number of thioether (sulfide) groups is 1. The average Bonchev–Trinajstić information content (AvgIpc) is 3.10. The summed E-state index contributed by atoms with van der Waals surface area (Å²) in [6.45, 7) is 3.48. The minimum Gasteiger partial charge on any atom is -0.340 e. The van der Waals surface area contributed by atoms with Gasteiger partial charge in [0.2, 0.25) is 5.91 Å². The zero-order valence-electron chi connectivity index (χ0n) is 15.2. The van der Waals surface area contributed by atoms with Gasteiger partial charge in [-0.25, -0.2) is 0 Å². The van der Waals surface area contributed by atoms with Gasteiger partial charge < -0.3 is 9.47 Å². The molecule has 0 aliphatic heterocycles. The molecule has 9 heteroatoms. The lowest BCUT2D eigenvalue weighted by molar-refractivity contribution is -0.128. The maximum atomic E-state index is 12.5. The topological polar surface area (TPSA) is 111 Å². The number of nitriles is 2. The molecule has 140 valence electrons. The third-order valence-electron chi connectivity index (χ3n) is 3.77. The fraction of sp³-hybridized carbons (Fsp3) is 0.444. The van der Waals surface area contributed by atoms with E-state index in [2.05, 4.69) is 22.1 Å². The molecule has 0 unspecified atom stereocenters. The van der Waals surface area contributed by atoms with Gasteiger partial charge >= 0.3 is 0 Å². The molecule has 2 aromatic rings. The van der Waals surface area contributed by atoms with Crippen molar-refractivity contribution >= 4 is 17.7 Å². The number of rotatable bonds is 10. The molecule has 2 aromatic heterocycles. The van der Waals surface area contributed by atoms with Crippen molar-refractivity contribution in [2.75, 3.05) is 18.8 Å². The Bertz CT molecular complexity index is 804. The minimum absolute atomic E-state index is 0.109. The van der Waals surface area contributed by atoms with Gasteiger partial charge in [0.15, 0.2) is 11.0 Å². The van der Waals surface area contributed by atoms with Crippen molar-refractivity contribution in [2.24, 2.45) is 0 Å². The van der Waals surface area contributed by atoms with Gasteiger partial charge in [-0.2, -0.15) is 10.5 Å². The molecule has 27 heavy (non-hydrogen) atoms. The van der Waals surface area contributed by atoms with Gasteiger partial charge in [0.05, 0.1) is 30.7 Å². The maximum Gasteiger partial charge on any atom is 0.233 e. The number of hydrogen-bond donors (Lipinski definition) is 0. The van der Waals surface area contributed by atoms with Crippen LogP contribution in [0.2, 0.25) is 0 Å². The van der Waals surface area contributed by atoms with E-state index in [9.17, 15) is 4.79 Å². The summed E-state index contributed by atoms with van der Waals surface area (Å²) in [7, 11) is 0. The molecule has 0 spiro atoms. The van der Waals surface area contributed by atoms with Crippen molar-refractivity contribution in [1.29, 1.82) is 10.5 Å². The van der Waals surface area contributed by atoms with Crippen LogP contribution in [-0.2, 0) is 11.3 Å². The molecule has 0 N–H and O–H groups in total. The molecule has 0 saturated heterocycles. The molecule has 0 aromatic carbocycles. The van der Waals surface area contributed by atoms with Crippen LogP contribution in [0.25, 0.3) is 11.4 Å². The predicted molar refractivity (Wildman–Crippen MR) is 101 cm³/mol. The molecule has 0 fully saturated rings. The van der Waals surface area contributed by atoms with Gasteiger partial charge in [-0.3, -0.25) is 9.78 Å². The number of carbonyl (C=O) groups is 1. The smallest absolute Gasteiger partial charge is 0.233 e. The van der Waals surface area contributed by atoms with Crippen molar-refractivity contribution in [2.45, 2.75) is 37.9 Å². The molecule has 1 amide bonds. The van der Waals surface area contributed by atoms with Crippen molar-refractivity contribution in [1.82, 2.24) is 24.6 Å². The first kappa shape index (κ1) is 20.4. The second-order valence-corrected chi connectivity index (χ2v) is 6.62. The van der Waals surface area contributed by atoms with Crippen LogP contribution >= 0.6 is 11.8 Å². The molecule has 0 radical (unpaired) electrons. The van der Waals surface area contributed by atoms with Gasteiger partial charge in [0.1, 0.15) is 0 Å². The standard InChI is InChI=1S/C18H21N7OS/c1-2-11-25-17(15-5-9-21-10-6-15)22-23-18(25)27-14-16(26)24(12-3-7-19)13-4-8-20/h5-6,9-10H,2-4,11-14H2,1H3. The predicted octanol–water partition coefficient (Wildman–Crippen LogP) is 2.50. The first-order valence-electron chi connectivity index (χ1n) is 8.69.